The van der Waals surface area contributed by atoms with Crippen molar-refractivity contribution in [2.75, 3.05) is 19.8 Å². The molecule has 1 atom stereocenters. The van der Waals surface area contributed by atoms with Crippen molar-refractivity contribution in [3.63, 3.8) is 0 Å². The van der Waals surface area contributed by atoms with E-state index >= 15 is 0 Å². The van der Waals surface area contributed by atoms with Crippen molar-refractivity contribution in [3.05, 3.63) is 35.7 Å². The van der Waals surface area contributed by atoms with E-state index < -0.39 is 0 Å². The second-order valence-electron chi connectivity index (χ2n) is 7.40. The summed E-state index contributed by atoms with van der Waals surface area (Å²) in [5.74, 6) is 1.75. The van der Waals surface area contributed by atoms with Crippen LogP contribution in [0.2, 0.25) is 0 Å². The van der Waals surface area contributed by atoms with Crippen molar-refractivity contribution in [3.8, 4) is 0 Å². The van der Waals surface area contributed by atoms with E-state index in [2.05, 4.69) is 14.6 Å². The quantitative estimate of drug-likeness (QED) is 0.744. The summed E-state index contributed by atoms with van der Waals surface area (Å²) in [5.41, 5.74) is 1.81. The zero-order chi connectivity index (χ0) is 18.1. The lowest BCUT2D eigenvalue weighted by Crippen LogP contribution is -2.42. The van der Waals surface area contributed by atoms with Crippen LogP contribution in [0, 0.1) is 5.92 Å². The normalized spacial score (nSPS) is 20.1. The van der Waals surface area contributed by atoms with Gasteiger partial charge < -0.3 is 14.2 Å². The summed E-state index contributed by atoms with van der Waals surface area (Å²) in [5, 5.41) is 4.10. The molecular weight excluding hydrogens is 330 g/mol. The highest BCUT2D eigenvalue weighted by molar-refractivity contribution is 5.92. The molecule has 140 valence electrons. The van der Waals surface area contributed by atoms with Crippen molar-refractivity contribution in [1.29, 1.82) is 0 Å². The van der Waals surface area contributed by atoms with Gasteiger partial charge in [-0.2, -0.15) is 5.10 Å². The lowest BCUT2D eigenvalue weighted by Gasteiger charge is -2.34. The summed E-state index contributed by atoms with van der Waals surface area (Å²) < 4.78 is 9.72. The first-order chi connectivity index (χ1) is 12.6. The predicted molar refractivity (Wildman–Crippen MR) is 96.8 cm³/mol. The van der Waals surface area contributed by atoms with Crippen LogP contribution in [0.15, 0.2) is 18.5 Å². The van der Waals surface area contributed by atoms with Crippen molar-refractivity contribution in [2.45, 2.75) is 45.2 Å². The van der Waals surface area contributed by atoms with Crippen LogP contribution in [0.25, 0.3) is 0 Å². The molecule has 0 N–H and O–H groups in total. The third-order valence-corrected chi connectivity index (χ3v) is 5.76. The average Bonchev–Trinajstić information content (AvgIpc) is 3.19. The van der Waals surface area contributed by atoms with Gasteiger partial charge in [0.25, 0.3) is 5.91 Å². The minimum absolute atomic E-state index is 0.0112. The van der Waals surface area contributed by atoms with Crippen LogP contribution < -0.4 is 0 Å². The molecule has 7 heteroatoms. The maximum absolute atomic E-state index is 12.8. The number of amides is 1. The van der Waals surface area contributed by atoms with Crippen molar-refractivity contribution >= 4 is 5.91 Å². The molecule has 0 spiro atoms. The van der Waals surface area contributed by atoms with Gasteiger partial charge in [0.05, 0.1) is 12.6 Å². The predicted octanol–water partition coefficient (Wildman–Crippen LogP) is 2.19. The highest BCUT2D eigenvalue weighted by atomic mass is 16.5. The van der Waals surface area contributed by atoms with Crippen molar-refractivity contribution in [1.82, 2.24) is 24.2 Å². The van der Waals surface area contributed by atoms with Gasteiger partial charge in [-0.3, -0.25) is 9.48 Å². The van der Waals surface area contributed by atoms with Gasteiger partial charge in [-0.05, 0) is 31.7 Å². The maximum Gasteiger partial charge on any atom is 0.272 e. The smallest absolute Gasteiger partial charge is 0.272 e. The molecule has 4 rings (SSSR count). The fourth-order valence-corrected chi connectivity index (χ4v) is 3.85. The topological polar surface area (TPSA) is 65.2 Å². The van der Waals surface area contributed by atoms with Crippen LogP contribution in [0.3, 0.4) is 0 Å². The highest BCUT2D eigenvalue weighted by Gasteiger charge is 2.31. The number of rotatable bonds is 6. The minimum atomic E-state index is -0.0456. The molecule has 1 saturated carbocycles. The third-order valence-electron chi connectivity index (χ3n) is 5.76. The summed E-state index contributed by atoms with van der Waals surface area (Å²) >= 11 is 0. The van der Waals surface area contributed by atoms with Gasteiger partial charge in [-0.1, -0.05) is 6.42 Å². The molecule has 1 fully saturated rings. The number of nitrogens with zero attached hydrogens (tertiary/aromatic N) is 5. The molecular formula is C19H27N5O2. The van der Waals surface area contributed by atoms with Crippen molar-refractivity contribution in [2.24, 2.45) is 13.0 Å². The Labute approximate surface area is 154 Å². The molecule has 0 saturated heterocycles. The Morgan fingerprint density at radius 2 is 2.19 bits per heavy atom. The third kappa shape index (κ3) is 3.16. The highest BCUT2D eigenvalue weighted by Crippen LogP contribution is 2.28. The number of fused-ring (bicyclic) bond motifs is 1. The number of hydrogen-bond donors (Lipinski definition) is 0. The standard InChI is InChI=1S/C19H27N5O2/c1-14-18-20-12-16(7-11-26-13-15-4-3-5-15)24(18)10-9-23(14)19(25)17-6-8-21-22(17)2/h6,8,12,14-15H,3-5,7,9-11,13H2,1-2H3/t14-/m1/s1. The van der Waals surface area contributed by atoms with Crippen LogP contribution in [0.5, 0.6) is 0 Å². The van der Waals surface area contributed by atoms with Gasteiger partial charge in [0.15, 0.2) is 0 Å². The van der Waals surface area contributed by atoms with Gasteiger partial charge in [0.2, 0.25) is 0 Å². The minimum Gasteiger partial charge on any atom is -0.381 e. The van der Waals surface area contributed by atoms with Crippen LogP contribution in [-0.4, -0.2) is 49.9 Å². The monoisotopic (exact) mass is 357 g/mol. The first-order valence-corrected chi connectivity index (χ1v) is 9.56. The number of aromatic nitrogens is 4. The maximum atomic E-state index is 12.8. The zero-order valence-electron chi connectivity index (χ0n) is 15.6. The van der Waals surface area contributed by atoms with E-state index in [-0.39, 0.29) is 11.9 Å². The molecule has 7 nitrogen and oxygen atoms in total. The van der Waals surface area contributed by atoms with Gasteiger partial charge in [0, 0.05) is 51.3 Å². The van der Waals surface area contributed by atoms with E-state index in [0.717, 1.165) is 37.9 Å². The molecule has 1 aliphatic carbocycles. The van der Waals surface area contributed by atoms with E-state index in [1.807, 2.05) is 18.0 Å². The van der Waals surface area contributed by atoms with Crippen LogP contribution in [0.1, 0.15) is 54.2 Å². The molecule has 2 aromatic rings. The number of carbonyl (C=O) groups is 1. The van der Waals surface area contributed by atoms with Crippen LogP contribution in [0.4, 0.5) is 0 Å². The number of aryl methyl sites for hydroxylation is 1. The Kier molecular flexibility index (Phi) is 4.80. The number of carbonyl (C=O) groups excluding carboxylic acids is 1. The van der Waals surface area contributed by atoms with E-state index in [4.69, 9.17) is 4.74 Å². The first-order valence-electron chi connectivity index (χ1n) is 9.56. The Bertz CT molecular complexity index is 777. The Balaban J connectivity index is 1.39. The van der Waals surface area contributed by atoms with Gasteiger partial charge in [0.1, 0.15) is 11.5 Å². The second-order valence-corrected chi connectivity index (χ2v) is 7.40. The summed E-state index contributed by atoms with van der Waals surface area (Å²) in [6.07, 6.45) is 8.47. The van der Waals surface area contributed by atoms with Crippen LogP contribution >= 0.6 is 0 Å². The Morgan fingerprint density at radius 1 is 1.35 bits per heavy atom. The molecule has 0 unspecified atom stereocenters. The van der Waals surface area contributed by atoms with Gasteiger partial charge >= 0.3 is 0 Å². The van der Waals surface area contributed by atoms with Crippen LogP contribution in [-0.2, 0) is 24.8 Å². The molecule has 0 radical (unpaired) electrons. The summed E-state index contributed by atoms with van der Waals surface area (Å²) in [6, 6.07) is 1.72. The fourth-order valence-electron chi connectivity index (χ4n) is 3.85. The molecule has 1 aliphatic heterocycles. The Morgan fingerprint density at radius 3 is 2.88 bits per heavy atom. The van der Waals surface area contributed by atoms with E-state index in [0.29, 0.717) is 12.2 Å². The van der Waals surface area contributed by atoms with E-state index in [1.165, 1.54) is 25.0 Å². The Hall–Kier alpha value is -2.15. The second kappa shape index (κ2) is 7.23. The van der Waals surface area contributed by atoms with Gasteiger partial charge in [-0.25, -0.2) is 4.98 Å². The molecule has 2 aliphatic rings. The first kappa shape index (κ1) is 17.3. The molecule has 0 aromatic carbocycles. The van der Waals surface area contributed by atoms with Gasteiger partial charge in [-0.15, -0.1) is 0 Å². The summed E-state index contributed by atoms with van der Waals surface area (Å²) in [4.78, 5) is 19.3. The average molecular weight is 357 g/mol. The zero-order valence-corrected chi connectivity index (χ0v) is 15.6. The molecule has 2 aromatic heterocycles. The van der Waals surface area contributed by atoms with E-state index in [9.17, 15) is 4.79 Å². The number of imidazole rings is 1. The molecule has 3 heterocycles. The number of hydrogen-bond acceptors (Lipinski definition) is 4. The van der Waals surface area contributed by atoms with E-state index in [1.54, 1.807) is 24.0 Å². The number of ether oxygens (including phenoxy) is 1. The summed E-state index contributed by atoms with van der Waals surface area (Å²) in [7, 11) is 1.80. The molecule has 1 amide bonds. The summed E-state index contributed by atoms with van der Waals surface area (Å²) in [6.45, 7) is 5.15. The lowest BCUT2D eigenvalue weighted by atomic mass is 9.86. The molecule has 26 heavy (non-hydrogen) atoms. The SMILES string of the molecule is C[C@@H]1c2ncc(CCOCC3CCC3)n2CCN1C(=O)c1ccnn1C. The fraction of sp³-hybridized carbons (Fsp3) is 0.632. The lowest BCUT2D eigenvalue weighted by molar-refractivity contribution is 0.0616. The largest absolute Gasteiger partial charge is 0.381 e. The molecule has 0 bridgehead atoms. The van der Waals surface area contributed by atoms with Crippen molar-refractivity contribution < 1.29 is 9.53 Å².